The van der Waals surface area contributed by atoms with Crippen LogP contribution in [0, 0.1) is 5.82 Å². The van der Waals surface area contributed by atoms with Gasteiger partial charge in [0, 0.05) is 30.5 Å². The van der Waals surface area contributed by atoms with E-state index in [0.29, 0.717) is 23.9 Å². The lowest BCUT2D eigenvalue weighted by Gasteiger charge is -2.13. The highest BCUT2D eigenvalue weighted by Crippen LogP contribution is 2.20. The summed E-state index contributed by atoms with van der Waals surface area (Å²) in [7, 11) is 0. The Balaban J connectivity index is 1.60. The van der Waals surface area contributed by atoms with E-state index in [0.717, 1.165) is 25.0 Å². The van der Waals surface area contributed by atoms with Crippen molar-refractivity contribution in [3.8, 4) is 11.4 Å². The lowest BCUT2D eigenvalue weighted by Crippen LogP contribution is -2.20. The van der Waals surface area contributed by atoms with Crippen LogP contribution in [-0.2, 0) is 4.74 Å². The largest absolute Gasteiger partial charge is 0.376 e. The lowest BCUT2D eigenvalue weighted by atomic mass is 10.2. The molecule has 2 aromatic carbocycles. The molecule has 1 aromatic heterocycles. The minimum absolute atomic E-state index is 0.134. The molecule has 148 valence electrons. The minimum atomic E-state index is -0.435. The molecule has 2 heterocycles. The zero-order valence-electron chi connectivity index (χ0n) is 15.8. The average molecular weight is 392 g/mol. The van der Waals surface area contributed by atoms with Crippen LogP contribution in [0.5, 0.6) is 0 Å². The van der Waals surface area contributed by atoms with Crippen LogP contribution in [0.15, 0.2) is 60.7 Å². The van der Waals surface area contributed by atoms with Gasteiger partial charge in [-0.05, 0) is 31.0 Å². The Labute approximate surface area is 168 Å². The number of aromatic nitrogens is 2. The third-order valence-corrected chi connectivity index (χ3v) is 4.61. The van der Waals surface area contributed by atoms with Crippen molar-refractivity contribution in [2.24, 2.45) is 0 Å². The predicted molar refractivity (Wildman–Crippen MR) is 109 cm³/mol. The van der Waals surface area contributed by atoms with Crippen LogP contribution in [0.1, 0.15) is 23.3 Å². The number of ether oxygens (including phenoxy) is 1. The summed E-state index contributed by atoms with van der Waals surface area (Å²) < 4.78 is 19.1. The molecule has 1 saturated heterocycles. The Morgan fingerprint density at radius 1 is 1.10 bits per heavy atom. The van der Waals surface area contributed by atoms with Crippen molar-refractivity contribution in [3.63, 3.8) is 0 Å². The second-order valence-corrected chi connectivity index (χ2v) is 6.81. The zero-order valence-corrected chi connectivity index (χ0v) is 15.8. The van der Waals surface area contributed by atoms with Gasteiger partial charge in [-0.3, -0.25) is 4.79 Å². The maximum Gasteiger partial charge on any atom is 0.274 e. The highest BCUT2D eigenvalue weighted by Gasteiger charge is 2.17. The maximum absolute atomic E-state index is 13.4. The highest BCUT2D eigenvalue weighted by molar-refractivity contribution is 6.03. The zero-order chi connectivity index (χ0) is 20.1. The van der Waals surface area contributed by atoms with E-state index in [1.807, 2.05) is 30.3 Å². The van der Waals surface area contributed by atoms with Gasteiger partial charge in [-0.2, -0.15) is 0 Å². The summed E-state index contributed by atoms with van der Waals surface area (Å²) in [5, 5.41) is 5.93. The van der Waals surface area contributed by atoms with E-state index in [1.54, 1.807) is 12.1 Å². The first-order chi connectivity index (χ1) is 14.2. The van der Waals surface area contributed by atoms with E-state index in [-0.39, 0.29) is 11.8 Å². The second kappa shape index (κ2) is 8.79. The molecule has 3 aromatic rings. The van der Waals surface area contributed by atoms with Gasteiger partial charge in [-0.15, -0.1) is 0 Å². The van der Waals surface area contributed by atoms with Crippen molar-refractivity contribution in [3.05, 3.63) is 72.2 Å². The molecule has 0 radical (unpaired) electrons. The van der Waals surface area contributed by atoms with Gasteiger partial charge in [0.2, 0.25) is 0 Å². The summed E-state index contributed by atoms with van der Waals surface area (Å²) in [6.45, 7) is 1.38. The number of hydrogen-bond donors (Lipinski definition) is 2. The number of carbonyl (C=O) groups excluding carboxylic acids is 1. The van der Waals surface area contributed by atoms with Crippen LogP contribution in [0.4, 0.5) is 15.9 Å². The summed E-state index contributed by atoms with van der Waals surface area (Å²) in [5.41, 5.74) is 1.36. The third-order valence-electron chi connectivity index (χ3n) is 4.61. The summed E-state index contributed by atoms with van der Waals surface area (Å²) in [6, 6.07) is 16.8. The Hall–Kier alpha value is -3.32. The molecule has 4 rings (SSSR count). The molecule has 1 amide bonds. The molecule has 0 saturated carbocycles. The van der Waals surface area contributed by atoms with Crippen LogP contribution in [0.3, 0.4) is 0 Å². The first-order valence-electron chi connectivity index (χ1n) is 9.54. The van der Waals surface area contributed by atoms with Crippen LogP contribution in [0.2, 0.25) is 0 Å². The number of nitrogens with zero attached hydrogens (tertiary/aromatic N) is 2. The minimum Gasteiger partial charge on any atom is -0.376 e. The van der Waals surface area contributed by atoms with E-state index in [9.17, 15) is 9.18 Å². The summed E-state index contributed by atoms with van der Waals surface area (Å²) in [4.78, 5) is 21.7. The van der Waals surface area contributed by atoms with Crippen molar-refractivity contribution >= 4 is 17.4 Å². The molecule has 7 heteroatoms. The number of hydrogen-bond acceptors (Lipinski definition) is 5. The van der Waals surface area contributed by atoms with Gasteiger partial charge in [0.05, 0.1) is 6.10 Å². The summed E-state index contributed by atoms with van der Waals surface area (Å²) in [5.74, 6) is 0.121. The number of benzene rings is 2. The fourth-order valence-electron chi connectivity index (χ4n) is 3.16. The number of carbonyl (C=O) groups is 1. The van der Waals surface area contributed by atoms with E-state index >= 15 is 0 Å². The molecule has 6 nitrogen and oxygen atoms in total. The van der Waals surface area contributed by atoms with Crippen molar-refractivity contribution in [1.82, 2.24) is 9.97 Å². The smallest absolute Gasteiger partial charge is 0.274 e. The predicted octanol–water partition coefficient (Wildman–Crippen LogP) is 4.13. The molecule has 0 bridgehead atoms. The lowest BCUT2D eigenvalue weighted by molar-refractivity contribution is 0.102. The van der Waals surface area contributed by atoms with Crippen LogP contribution < -0.4 is 10.6 Å². The van der Waals surface area contributed by atoms with Gasteiger partial charge in [-0.1, -0.05) is 36.4 Å². The number of anilines is 2. The molecule has 1 atom stereocenters. The van der Waals surface area contributed by atoms with E-state index in [1.165, 1.54) is 18.2 Å². The first kappa shape index (κ1) is 19.0. The van der Waals surface area contributed by atoms with E-state index in [4.69, 9.17) is 4.74 Å². The number of rotatable bonds is 6. The Bertz CT molecular complexity index is 991. The molecule has 0 aliphatic carbocycles. The second-order valence-electron chi connectivity index (χ2n) is 6.81. The molecule has 1 fully saturated rings. The normalized spacial score (nSPS) is 15.8. The fraction of sp³-hybridized carbons (Fsp3) is 0.227. The van der Waals surface area contributed by atoms with Crippen LogP contribution in [-0.4, -0.2) is 35.1 Å². The average Bonchev–Trinajstić information content (AvgIpc) is 3.26. The number of nitrogens with one attached hydrogen (secondary N) is 2. The third kappa shape index (κ3) is 4.94. The highest BCUT2D eigenvalue weighted by atomic mass is 19.1. The maximum atomic E-state index is 13.4. The summed E-state index contributed by atoms with van der Waals surface area (Å²) >= 11 is 0. The Kier molecular flexibility index (Phi) is 5.76. The Morgan fingerprint density at radius 3 is 2.72 bits per heavy atom. The molecular weight excluding hydrogens is 371 g/mol. The van der Waals surface area contributed by atoms with Gasteiger partial charge in [0.15, 0.2) is 5.82 Å². The number of halogens is 1. The SMILES string of the molecule is O=C(Nc1cccc(F)c1)c1cc(NCC2CCCO2)nc(-c2ccccc2)n1. The van der Waals surface area contributed by atoms with E-state index < -0.39 is 11.7 Å². The van der Waals surface area contributed by atoms with E-state index in [2.05, 4.69) is 20.6 Å². The molecule has 1 aliphatic rings. The molecule has 0 spiro atoms. The Morgan fingerprint density at radius 2 is 1.97 bits per heavy atom. The van der Waals surface area contributed by atoms with Crippen LogP contribution >= 0.6 is 0 Å². The molecule has 1 unspecified atom stereocenters. The van der Waals surface area contributed by atoms with Crippen molar-refractivity contribution in [1.29, 1.82) is 0 Å². The molecule has 1 aliphatic heterocycles. The van der Waals surface area contributed by atoms with Crippen molar-refractivity contribution < 1.29 is 13.9 Å². The molecular formula is C22H21FN4O2. The topological polar surface area (TPSA) is 76.1 Å². The monoisotopic (exact) mass is 392 g/mol. The quantitative estimate of drug-likeness (QED) is 0.660. The van der Waals surface area contributed by atoms with Gasteiger partial charge >= 0.3 is 0 Å². The standard InChI is InChI=1S/C22H21FN4O2/c23-16-8-4-9-17(12-16)25-22(28)19-13-20(24-14-18-10-5-11-29-18)27-21(26-19)15-6-2-1-3-7-15/h1-4,6-9,12-13,18H,5,10-11,14H2,(H,25,28)(H,24,26,27). The fourth-order valence-corrected chi connectivity index (χ4v) is 3.16. The van der Waals surface area contributed by atoms with Gasteiger partial charge in [0.1, 0.15) is 17.3 Å². The molecule has 2 N–H and O–H groups in total. The van der Waals surface area contributed by atoms with Gasteiger partial charge in [-0.25, -0.2) is 14.4 Å². The number of amides is 1. The summed E-state index contributed by atoms with van der Waals surface area (Å²) in [6.07, 6.45) is 2.18. The van der Waals surface area contributed by atoms with Crippen LogP contribution in [0.25, 0.3) is 11.4 Å². The first-order valence-corrected chi connectivity index (χ1v) is 9.54. The van der Waals surface area contributed by atoms with Gasteiger partial charge in [0.25, 0.3) is 5.91 Å². The van der Waals surface area contributed by atoms with Crippen molar-refractivity contribution in [2.75, 3.05) is 23.8 Å². The van der Waals surface area contributed by atoms with Crippen molar-refractivity contribution in [2.45, 2.75) is 18.9 Å². The van der Waals surface area contributed by atoms with Gasteiger partial charge < -0.3 is 15.4 Å². The molecule has 29 heavy (non-hydrogen) atoms.